The minimum absolute atomic E-state index is 0.473. The standard InChI is InChI=1S/C18H20N4S/c23-18(20-16-6-2-1-3-7-16)21-19-14-15-8-10-17(11-9-15)22-12-4-5-13-22/h1-3,6-11,14H,4-5,12-13H2,(H2,20,21,23). The lowest BCUT2D eigenvalue weighted by atomic mass is 10.2. The van der Waals surface area contributed by atoms with Crippen molar-refractivity contribution in [1.29, 1.82) is 0 Å². The third-order valence-corrected chi connectivity index (χ3v) is 3.97. The van der Waals surface area contributed by atoms with Gasteiger partial charge in [0.2, 0.25) is 0 Å². The first-order chi connectivity index (χ1) is 11.3. The number of hydrogen-bond acceptors (Lipinski definition) is 3. The number of benzene rings is 2. The Morgan fingerprint density at radius 3 is 2.39 bits per heavy atom. The molecule has 4 nitrogen and oxygen atoms in total. The zero-order valence-corrected chi connectivity index (χ0v) is 13.7. The molecule has 0 atom stereocenters. The lowest BCUT2D eigenvalue weighted by Gasteiger charge is -2.17. The number of anilines is 2. The normalized spacial score (nSPS) is 14.2. The molecule has 2 aromatic rings. The van der Waals surface area contributed by atoms with Gasteiger partial charge in [-0.3, -0.25) is 5.43 Å². The second-order valence-corrected chi connectivity index (χ2v) is 5.88. The zero-order valence-electron chi connectivity index (χ0n) is 12.9. The smallest absolute Gasteiger partial charge is 0.191 e. The van der Waals surface area contributed by atoms with Crippen molar-refractivity contribution in [1.82, 2.24) is 5.43 Å². The van der Waals surface area contributed by atoms with E-state index in [9.17, 15) is 0 Å². The van der Waals surface area contributed by atoms with Gasteiger partial charge < -0.3 is 10.2 Å². The summed E-state index contributed by atoms with van der Waals surface area (Å²) in [5.41, 5.74) is 6.10. The van der Waals surface area contributed by atoms with Gasteiger partial charge in [-0.15, -0.1) is 0 Å². The second kappa shape index (κ2) is 7.74. The minimum atomic E-state index is 0.473. The molecule has 0 spiro atoms. The van der Waals surface area contributed by atoms with Gasteiger partial charge in [-0.2, -0.15) is 5.10 Å². The summed E-state index contributed by atoms with van der Waals surface area (Å²) >= 11 is 5.20. The van der Waals surface area contributed by atoms with Gasteiger partial charge >= 0.3 is 0 Å². The summed E-state index contributed by atoms with van der Waals surface area (Å²) < 4.78 is 0. The van der Waals surface area contributed by atoms with E-state index in [0.29, 0.717) is 5.11 Å². The Balaban J connectivity index is 1.50. The SMILES string of the molecule is S=C(NN=Cc1ccc(N2CCCC2)cc1)Nc1ccccc1. The summed E-state index contributed by atoms with van der Waals surface area (Å²) in [7, 11) is 0. The maximum Gasteiger partial charge on any atom is 0.191 e. The highest BCUT2D eigenvalue weighted by Gasteiger charge is 2.11. The van der Waals surface area contributed by atoms with Gasteiger partial charge in [0, 0.05) is 24.5 Å². The largest absolute Gasteiger partial charge is 0.372 e. The Morgan fingerprint density at radius 1 is 1.00 bits per heavy atom. The number of nitrogens with zero attached hydrogens (tertiary/aromatic N) is 2. The van der Waals surface area contributed by atoms with E-state index in [1.165, 1.54) is 18.5 Å². The summed E-state index contributed by atoms with van der Waals surface area (Å²) in [6.45, 7) is 2.32. The van der Waals surface area contributed by atoms with Crippen LogP contribution in [0.1, 0.15) is 18.4 Å². The molecule has 23 heavy (non-hydrogen) atoms. The lowest BCUT2D eigenvalue weighted by molar-refractivity contribution is 0.949. The first-order valence-electron chi connectivity index (χ1n) is 7.81. The minimum Gasteiger partial charge on any atom is -0.372 e. The molecule has 1 aliphatic heterocycles. The van der Waals surface area contributed by atoms with E-state index in [1.807, 2.05) is 30.3 Å². The molecule has 3 rings (SSSR count). The van der Waals surface area contributed by atoms with Crippen molar-refractivity contribution in [2.45, 2.75) is 12.8 Å². The monoisotopic (exact) mass is 324 g/mol. The number of hydrazone groups is 1. The fourth-order valence-corrected chi connectivity index (χ4v) is 2.76. The van der Waals surface area contributed by atoms with Gasteiger partial charge in [0.15, 0.2) is 5.11 Å². The third-order valence-electron chi connectivity index (χ3n) is 3.78. The van der Waals surface area contributed by atoms with E-state index >= 15 is 0 Å². The van der Waals surface area contributed by atoms with Crippen LogP contribution in [0.5, 0.6) is 0 Å². The van der Waals surface area contributed by atoms with Crippen molar-refractivity contribution < 1.29 is 0 Å². The molecule has 1 saturated heterocycles. The first-order valence-corrected chi connectivity index (χ1v) is 8.22. The quantitative estimate of drug-likeness (QED) is 0.512. The number of para-hydroxylation sites is 1. The average Bonchev–Trinajstić information content (AvgIpc) is 3.11. The maximum atomic E-state index is 5.20. The molecule has 1 heterocycles. The van der Waals surface area contributed by atoms with Crippen LogP contribution < -0.4 is 15.6 Å². The predicted molar refractivity (Wildman–Crippen MR) is 101 cm³/mol. The number of nitrogens with one attached hydrogen (secondary N) is 2. The Morgan fingerprint density at radius 2 is 1.70 bits per heavy atom. The highest BCUT2D eigenvalue weighted by atomic mass is 32.1. The van der Waals surface area contributed by atoms with Crippen LogP contribution in [0.25, 0.3) is 0 Å². The molecule has 1 aliphatic rings. The summed E-state index contributed by atoms with van der Waals surface area (Å²) in [5.74, 6) is 0. The van der Waals surface area contributed by atoms with Gasteiger partial charge in [0.05, 0.1) is 6.21 Å². The van der Waals surface area contributed by atoms with Crippen molar-refractivity contribution in [2.75, 3.05) is 23.3 Å². The van der Waals surface area contributed by atoms with E-state index in [1.54, 1.807) is 6.21 Å². The maximum absolute atomic E-state index is 5.20. The van der Waals surface area contributed by atoms with Crippen LogP contribution in [0, 0.1) is 0 Å². The van der Waals surface area contributed by atoms with Crippen LogP contribution in [0.3, 0.4) is 0 Å². The zero-order chi connectivity index (χ0) is 15.9. The van der Waals surface area contributed by atoms with E-state index in [2.05, 4.69) is 45.0 Å². The molecule has 118 valence electrons. The fraction of sp³-hybridized carbons (Fsp3) is 0.222. The van der Waals surface area contributed by atoms with Crippen LogP contribution >= 0.6 is 12.2 Å². The Labute approximate surface area is 142 Å². The van der Waals surface area contributed by atoms with Crippen LogP contribution in [0.15, 0.2) is 59.7 Å². The van der Waals surface area contributed by atoms with Crippen LogP contribution in [0.4, 0.5) is 11.4 Å². The molecule has 0 saturated carbocycles. The molecule has 0 radical (unpaired) electrons. The van der Waals surface area contributed by atoms with Crippen molar-refractivity contribution in [3.63, 3.8) is 0 Å². The predicted octanol–water partition coefficient (Wildman–Crippen LogP) is 3.61. The van der Waals surface area contributed by atoms with Crippen molar-refractivity contribution in [3.8, 4) is 0 Å². The topological polar surface area (TPSA) is 39.7 Å². The van der Waals surface area contributed by atoms with Crippen LogP contribution in [0.2, 0.25) is 0 Å². The molecule has 0 unspecified atom stereocenters. The molecule has 0 aromatic heterocycles. The molecule has 0 amide bonds. The van der Waals surface area contributed by atoms with Gasteiger partial charge in [-0.1, -0.05) is 30.3 Å². The second-order valence-electron chi connectivity index (χ2n) is 5.48. The molecule has 0 bridgehead atoms. The molecule has 0 aliphatic carbocycles. The van der Waals surface area contributed by atoms with Crippen molar-refractivity contribution >= 4 is 34.9 Å². The Bertz CT molecular complexity index is 661. The van der Waals surface area contributed by atoms with Crippen molar-refractivity contribution in [2.24, 2.45) is 5.10 Å². The summed E-state index contributed by atoms with van der Waals surface area (Å²) in [5, 5.41) is 7.72. The molecule has 1 fully saturated rings. The van der Waals surface area contributed by atoms with Crippen LogP contribution in [-0.2, 0) is 0 Å². The van der Waals surface area contributed by atoms with Gasteiger partial charge in [0.1, 0.15) is 0 Å². The van der Waals surface area contributed by atoms with Crippen LogP contribution in [-0.4, -0.2) is 24.4 Å². The van der Waals surface area contributed by atoms with E-state index in [4.69, 9.17) is 12.2 Å². The fourth-order valence-electron chi connectivity index (χ4n) is 2.59. The van der Waals surface area contributed by atoms with E-state index in [-0.39, 0.29) is 0 Å². The Hall–Kier alpha value is -2.40. The Kier molecular flexibility index (Phi) is 5.21. The number of thiocarbonyl (C=S) groups is 1. The van der Waals surface area contributed by atoms with Gasteiger partial charge in [-0.05, 0) is 54.9 Å². The third kappa shape index (κ3) is 4.53. The molecule has 5 heteroatoms. The average molecular weight is 324 g/mol. The van der Waals surface area contributed by atoms with Gasteiger partial charge in [0.25, 0.3) is 0 Å². The summed E-state index contributed by atoms with van der Waals surface area (Å²) in [4.78, 5) is 2.41. The first kappa shape index (κ1) is 15.5. The van der Waals surface area contributed by atoms with Gasteiger partial charge in [-0.25, -0.2) is 0 Å². The van der Waals surface area contributed by atoms with Crippen molar-refractivity contribution in [3.05, 3.63) is 60.2 Å². The summed E-state index contributed by atoms with van der Waals surface area (Å²) in [6, 6.07) is 18.2. The molecular formula is C18H20N4S. The number of rotatable bonds is 4. The highest BCUT2D eigenvalue weighted by Crippen LogP contribution is 2.19. The lowest BCUT2D eigenvalue weighted by Crippen LogP contribution is -2.23. The van der Waals surface area contributed by atoms with E-state index < -0.39 is 0 Å². The van der Waals surface area contributed by atoms with E-state index in [0.717, 1.165) is 24.3 Å². The molecular weight excluding hydrogens is 304 g/mol. The summed E-state index contributed by atoms with van der Waals surface area (Å²) in [6.07, 6.45) is 4.35. The molecule has 2 aromatic carbocycles. The molecule has 2 N–H and O–H groups in total. The highest BCUT2D eigenvalue weighted by molar-refractivity contribution is 7.80. The number of hydrogen-bond donors (Lipinski definition) is 2.